The van der Waals surface area contributed by atoms with Crippen LogP contribution in [-0.4, -0.2) is 20.4 Å². The van der Waals surface area contributed by atoms with E-state index in [2.05, 4.69) is 10.0 Å². The Morgan fingerprint density at radius 2 is 1.75 bits per heavy atom. The zero-order chi connectivity index (χ0) is 22.9. The van der Waals surface area contributed by atoms with E-state index in [1.165, 1.54) is 36.4 Å². The minimum absolute atomic E-state index is 0.00749. The van der Waals surface area contributed by atoms with E-state index in [9.17, 15) is 26.4 Å². The minimum atomic E-state index is -4.48. The summed E-state index contributed by atoms with van der Waals surface area (Å²) in [4.78, 5) is 12.5. The molecule has 168 valence electrons. The summed E-state index contributed by atoms with van der Waals surface area (Å²) in [5, 5.41) is 2.64. The zero-order valence-corrected chi connectivity index (χ0v) is 17.5. The first kappa shape index (κ1) is 22.1. The number of furan rings is 1. The molecule has 0 bridgehead atoms. The van der Waals surface area contributed by atoms with E-state index in [4.69, 9.17) is 4.42 Å². The number of nitrogens with one attached hydrogen (secondary N) is 2. The molecule has 1 saturated carbocycles. The molecule has 0 radical (unpaired) electrons. The fraction of sp³-hybridized carbons (Fsp3) is 0.227. The van der Waals surface area contributed by atoms with Crippen molar-refractivity contribution in [2.24, 2.45) is 0 Å². The predicted octanol–water partition coefficient (Wildman–Crippen LogP) is 4.34. The van der Waals surface area contributed by atoms with E-state index >= 15 is 0 Å². The molecule has 1 amide bonds. The highest BCUT2D eigenvalue weighted by atomic mass is 32.2. The Morgan fingerprint density at radius 3 is 2.41 bits per heavy atom. The minimum Gasteiger partial charge on any atom is -0.451 e. The lowest BCUT2D eigenvalue weighted by Crippen LogP contribution is -2.25. The molecular formula is C22H19F3N2O4S. The number of alkyl halides is 3. The Morgan fingerprint density at radius 1 is 1.03 bits per heavy atom. The van der Waals surface area contributed by atoms with Gasteiger partial charge in [-0.2, -0.15) is 13.2 Å². The van der Waals surface area contributed by atoms with Gasteiger partial charge in [-0.1, -0.05) is 24.3 Å². The molecular weight excluding hydrogens is 445 g/mol. The average molecular weight is 464 g/mol. The molecule has 1 heterocycles. The fourth-order valence-electron chi connectivity index (χ4n) is 3.01. The van der Waals surface area contributed by atoms with Crippen molar-refractivity contribution in [2.45, 2.75) is 36.5 Å². The molecule has 32 heavy (non-hydrogen) atoms. The van der Waals surface area contributed by atoms with Crippen molar-refractivity contribution < 1.29 is 30.8 Å². The third-order valence-corrected chi connectivity index (χ3v) is 6.43. The number of benzene rings is 2. The van der Waals surface area contributed by atoms with Gasteiger partial charge in [-0.3, -0.25) is 4.79 Å². The lowest BCUT2D eigenvalue weighted by atomic mass is 10.1. The Labute approximate surface area is 182 Å². The molecule has 4 rings (SSSR count). The van der Waals surface area contributed by atoms with Crippen molar-refractivity contribution in [3.8, 4) is 11.3 Å². The summed E-state index contributed by atoms with van der Waals surface area (Å²) in [6.07, 6.45) is -2.80. The molecule has 0 atom stereocenters. The Kier molecular flexibility index (Phi) is 5.83. The van der Waals surface area contributed by atoms with E-state index in [0.717, 1.165) is 25.0 Å². The van der Waals surface area contributed by atoms with E-state index < -0.39 is 27.7 Å². The summed E-state index contributed by atoms with van der Waals surface area (Å²) in [5.74, 6) is -0.459. The van der Waals surface area contributed by atoms with Crippen LogP contribution in [0.15, 0.2) is 70.0 Å². The molecule has 1 fully saturated rings. The number of amides is 1. The molecule has 1 aliphatic rings. The molecule has 1 aromatic heterocycles. The van der Waals surface area contributed by atoms with Crippen LogP contribution in [-0.2, 0) is 22.7 Å². The van der Waals surface area contributed by atoms with Gasteiger partial charge in [0, 0.05) is 18.2 Å². The van der Waals surface area contributed by atoms with Crippen molar-refractivity contribution in [3.63, 3.8) is 0 Å². The Balaban J connectivity index is 1.38. The standard InChI is InChI=1S/C22H19F3N2O4S/c23-22(24,25)16-3-1-2-15(12-16)19-10-11-20(31-19)21(28)26-13-14-4-8-18(9-5-14)32(29,30)27-17-6-7-17/h1-5,8-12,17,27H,6-7,13H2,(H,26,28). The number of hydrogen-bond donors (Lipinski definition) is 2. The lowest BCUT2D eigenvalue weighted by Gasteiger charge is -2.08. The van der Waals surface area contributed by atoms with Gasteiger partial charge < -0.3 is 9.73 Å². The van der Waals surface area contributed by atoms with Crippen LogP contribution in [0.1, 0.15) is 34.5 Å². The molecule has 2 aromatic carbocycles. The number of carbonyl (C=O) groups excluding carboxylic acids is 1. The van der Waals surface area contributed by atoms with Crippen LogP contribution in [0.25, 0.3) is 11.3 Å². The highest BCUT2D eigenvalue weighted by Crippen LogP contribution is 2.32. The van der Waals surface area contributed by atoms with Gasteiger partial charge in [-0.25, -0.2) is 13.1 Å². The second kappa shape index (κ2) is 8.44. The topological polar surface area (TPSA) is 88.4 Å². The Bertz CT molecular complexity index is 1230. The highest BCUT2D eigenvalue weighted by Gasteiger charge is 2.31. The molecule has 3 aromatic rings. The summed E-state index contributed by atoms with van der Waals surface area (Å²) in [7, 11) is -3.55. The van der Waals surface area contributed by atoms with Gasteiger partial charge >= 0.3 is 6.18 Å². The van der Waals surface area contributed by atoms with Crippen molar-refractivity contribution in [1.82, 2.24) is 10.0 Å². The molecule has 1 aliphatic carbocycles. The van der Waals surface area contributed by atoms with E-state index in [1.54, 1.807) is 12.1 Å². The third-order valence-electron chi connectivity index (χ3n) is 4.89. The first-order chi connectivity index (χ1) is 15.1. The maximum atomic E-state index is 12.9. The SMILES string of the molecule is O=C(NCc1ccc(S(=O)(=O)NC2CC2)cc1)c1ccc(-c2cccc(C(F)(F)F)c2)o1. The smallest absolute Gasteiger partial charge is 0.416 e. The summed E-state index contributed by atoms with van der Waals surface area (Å²) in [5.41, 5.74) is 0.0686. The second-order valence-corrected chi connectivity index (χ2v) is 9.18. The van der Waals surface area contributed by atoms with Crippen LogP contribution in [0, 0.1) is 0 Å². The molecule has 6 nitrogen and oxygen atoms in total. The largest absolute Gasteiger partial charge is 0.451 e. The van der Waals surface area contributed by atoms with Gasteiger partial charge in [0.2, 0.25) is 10.0 Å². The van der Waals surface area contributed by atoms with Gasteiger partial charge in [0.25, 0.3) is 5.91 Å². The zero-order valence-electron chi connectivity index (χ0n) is 16.6. The lowest BCUT2D eigenvalue weighted by molar-refractivity contribution is -0.137. The van der Waals surface area contributed by atoms with Crippen molar-refractivity contribution >= 4 is 15.9 Å². The van der Waals surface area contributed by atoms with Crippen LogP contribution in [0.3, 0.4) is 0 Å². The molecule has 10 heteroatoms. The molecule has 0 unspecified atom stereocenters. The number of sulfonamides is 1. The van der Waals surface area contributed by atoms with Gasteiger partial charge in [-0.05, 0) is 54.8 Å². The van der Waals surface area contributed by atoms with Crippen molar-refractivity contribution in [1.29, 1.82) is 0 Å². The maximum Gasteiger partial charge on any atom is 0.416 e. The average Bonchev–Trinajstić information content (AvgIpc) is 3.41. The van der Waals surface area contributed by atoms with Crippen molar-refractivity contribution in [3.05, 3.63) is 77.6 Å². The Hall–Kier alpha value is -3.11. The summed E-state index contributed by atoms with van der Waals surface area (Å²) >= 11 is 0. The van der Waals surface area contributed by atoms with E-state index in [0.29, 0.717) is 5.56 Å². The van der Waals surface area contributed by atoms with Crippen LogP contribution in [0.2, 0.25) is 0 Å². The second-order valence-electron chi connectivity index (χ2n) is 7.46. The van der Waals surface area contributed by atoms with Gasteiger partial charge in [-0.15, -0.1) is 0 Å². The van der Waals surface area contributed by atoms with Gasteiger partial charge in [0.05, 0.1) is 10.5 Å². The normalized spacial score (nSPS) is 14.3. The van der Waals surface area contributed by atoms with Gasteiger partial charge in [0.15, 0.2) is 5.76 Å². The highest BCUT2D eigenvalue weighted by molar-refractivity contribution is 7.89. The molecule has 2 N–H and O–H groups in total. The van der Waals surface area contributed by atoms with E-state index in [-0.39, 0.29) is 34.6 Å². The van der Waals surface area contributed by atoms with Gasteiger partial charge in [0.1, 0.15) is 5.76 Å². The fourth-order valence-corrected chi connectivity index (χ4v) is 4.31. The molecule has 0 aliphatic heterocycles. The predicted molar refractivity (Wildman–Crippen MR) is 110 cm³/mol. The molecule has 0 spiro atoms. The number of halogens is 3. The first-order valence-electron chi connectivity index (χ1n) is 9.79. The monoisotopic (exact) mass is 464 g/mol. The number of carbonyl (C=O) groups is 1. The maximum absolute atomic E-state index is 12.9. The van der Waals surface area contributed by atoms with Crippen molar-refractivity contribution in [2.75, 3.05) is 0 Å². The van der Waals surface area contributed by atoms with Crippen LogP contribution in [0.5, 0.6) is 0 Å². The first-order valence-corrected chi connectivity index (χ1v) is 11.3. The summed E-state index contributed by atoms with van der Waals surface area (Å²) < 4.78 is 71.1. The quantitative estimate of drug-likeness (QED) is 0.545. The number of hydrogen-bond acceptors (Lipinski definition) is 4. The van der Waals surface area contributed by atoms with Crippen LogP contribution < -0.4 is 10.0 Å². The number of rotatable bonds is 7. The summed E-state index contributed by atoms with van der Waals surface area (Å²) in [6, 6.07) is 13.6. The van der Waals surface area contributed by atoms with Crippen LogP contribution in [0.4, 0.5) is 13.2 Å². The summed E-state index contributed by atoms with van der Waals surface area (Å²) in [6.45, 7) is 0.120. The third kappa shape index (κ3) is 5.20. The molecule has 0 saturated heterocycles. The van der Waals surface area contributed by atoms with Crippen LogP contribution >= 0.6 is 0 Å². The van der Waals surface area contributed by atoms with E-state index in [1.807, 2.05) is 0 Å².